The zero-order valence-electron chi connectivity index (χ0n) is 18.9. The second-order valence-corrected chi connectivity index (χ2v) is 8.39. The summed E-state index contributed by atoms with van der Waals surface area (Å²) in [6.45, 7) is 17.4. The number of nitrogens with one attached hydrogen (secondary N) is 2. The van der Waals surface area contributed by atoms with Gasteiger partial charge in [0.25, 0.3) is 0 Å². The number of guanidine groups is 1. The van der Waals surface area contributed by atoms with Gasteiger partial charge < -0.3 is 30.0 Å². The first kappa shape index (κ1) is 26.2. The topological polar surface area (TPSA) is 76.3 Å². The molecule has 1 fully saturated rings. The number of hydrogen-bond donors (Lipinski definition) is 3. The van der Waals surface area contributed by atoms with E-state index in [1.54, 1.807) is 6.92 Å². The molecule has 168 valence electrons. The van der Waals surface area contributed by atoms with E-state index in [0.29, 0.717) is 5.92 Å². The van der Waals surface area contributed by atoms with Crippen molar-refractivity contribution in [3.05, 3.63) is 23.2 Å². The Hall–Kier alpha value is -0.840. The predicted octanol–water partition coefficient (Wildman–Crippen LogP) is 2.16. The van der Waals surface area contributed by atoms with Crippen LogP contribution in [-0.2, 0) is 5.60 Å². The molecule has 0 bridgehead atoms. The molecule has 2 atom stereocenters. The maximum absolute atomic E-state index is 10.9. The van der Waals surface area contributed by atoms with Crippen LogP contribution in [0.15, 0.2) is 15.5 Å². The van der Waals surface area contributed by atoms with Crippen molar-refractivity contribution in [3.8, 4) is 0 Å². The fraction of sp³-hybridized carbons (Fsp3) is 0.762. The molecule has 3 N–H and O–H groups in total. The summed E-state index contributed by atoms with van der Waals surface area (Å²) in [6.07, 6.45) is 0. The highest BCUT2D eigenvalue weighted by molar-refractivity contribution is 14.0. The number of furan rings is 1. The smallest absolute Gasteiger partial charge is 0.191 e. The van der Waals surface area contributed by atoms with Crippen molar-refractivity contribution in [2.75, 3.05) is 59.4 Å². The second-order valence-electron chi connectivity index (χ2n) is 8.39. The Morgan fingerprint density at radius 2 is 1.93 bits per heavy atom. The average Bonchev–Trinajstić information content (AvgIpc) is 2.98. The van der Waals surface area contributed by atoms with Crippen molar-refractivity contribution in [2.45, 2.75) is 40.2 Å². The monoisotopic (exact) mass is 521 g/mol. The van der Waals surface area contributed by atoms with Gasteiger partial charge in [0.2, 0.25) is 0 Å². The summed E-state index contributed by atoms with van der Waals surface area (Å²) < 4.78 is 5.57. The Bertz CT molecular complexity index is 639. The number of aryl methyl sites for hydroxylation is 2. The van der Waals surface area contributed by atoms with E-state index in [9.17, 15) is 5.11 Å². The number of piperazine rings is 1. The van der Waals surface area contributed by atoms with Crippen molar-refractivity contribution in [1.29, 1.82) is 0 Å². The summed E-state index contributed by atoms with van der Waals surface area (Å²) in [5.74, 6) is 2.81. The Balaban J connectivity index is 0.00000420. The highest BCUT2D eigenvalue weighted by Gasteiger charge is 2.27. The Morgan fingerprint density at radius 3 is 2.48 bits per heavy atom. The number of rotatable bonds is 8. The lowest BCUT2D eigenvalue weighted by atomic mass is 9.96. The van der Waals surface area contributed by atoms with Crippen LogP contribution in [0.25, 0.3) is 0 Å². The molecule has 0 aliphatic carbocycles. The SMILES string of the molecule is CCNC(=NCC(C)(O)c1cc(C)oc1C)NCC(C)CN1CCN(C)CC1.I. The summed E-state index contributed by atoms with van der Waals surface area (Å²) in [6, 6.07) is 1.89. The highest BCUT2D eigenvalue weighted by Crippen LogP contribution is 2.27. The Morgan fingerprint density at radius 1 is 1.28 bits per heavy atom. The van der Waals surface area contributed by atoms with Crippen LogP contribution in [0.4, 0.5) is 0 Å². The summed E-state index contributed by atoms with van der Waals surface area (Å²) in [4.78, 5) is 9.54. The third kappa shape index (κ3) is 8.43. The first-order valence-corrected chi connectivity index (χ1v) is 10.4. The predicted molar refractivity (Wildman–Crippen MR) is 130 cm³/mol. The molecule has 2 unspecified atom stereocenters. The minimum Gasteiger partial charge on any atom is -0.466 e. The van der Waals surface area contributed by atoms with Crippen LogP contribution in [0.2, 0.25) is 0 Å². The van der Waals surface area contributed by atoms with Crippen LogP contribution >= 0.6 is 24.0 Å². The number of aliphatic hydroxyl groups is 1. The first-order chi connectivity index (χ1) is 13.2. The molecule has 1 aromatic heterocycles. The van der Waals surface area contributed by atoms with Gasteiger partial charge >= 0.3 is 0 Å². The van der Waals surface area contributed by atoms with Crippen molar-refractivity contribution in [2.24, 2.45) is 10.9 Å². The molecule has 29 heavy (non-hydrogen) atoms. The third-order valence-electron chi connectivity index (χ3n) is 5.29. The molecule has 1 aromatic rings. The van der Waals surface area contributed by atoms with Gasteiger partial charge in [0.15, 0.2) is 5.96 Å². The number of aliphatic imine (C=N–C) groups is 1. The third-order valence-corrected chi connectivity index (χ3v) is 5.29. The van der Waals surface area contributed by atoms with E-state index in [1.165, 1.54) is 0 Å². The van der Waals surface area contributed by atoms with Gasteiger partial charge in [-0.3, -0.25) is 0 Å². The van der Waals surface area contributed by atoms with Gasteiger partial charge in [0.05, 0.1) is 6.54 Å². The van der Waals surface area contributed by atoms with Crippen LogP contribution in [0.5, 0.6) is 0 Å². The fourth-order valence-corrected chi connectivity index (χ4v) is 3.63. The molecular weight excluding hydrogens is 481 g/mol. The van der Waals surface area contributed by atoms with Gasteiger partial charge in [-0.05, 0) is 46.7 Å². The van der Waals surface area contributed by atoms with Crippen LogP contribution in [0, 0.1) is 19.8 Å². The quantitative estimate of drug-likeness (QED) is 0.277. The number of likely N-dealkylation sites (N-methyl/N-ethyl adjacent to an activating group) is 1. The molecule has 0 radical (unpaired) electrons. The molecule has 0 aromatic carbocycles. The molecule has 1 aliphatic rings. The van der Waals surface area contributed by atoms with Gasteiger partial charge in [0.1, 0.15) is 17.1 Å². The Kier molecular flexibility index (Phi) is 10.9. The number of hydrogen-bond acceptors (Lipinski definition) is 5. The molecule has 0 amide bonds. The normalized spacial score (nSPS) is 19.3. The average molecular weight is 521 g/mol. The summed E-state index contributed by atoms with van der Waals surface area (Å²) >= 11 is 0. The van der Waals surface area contributed by atoms with E-state index in [2.05, 4.69) is 39.4 Å². The van der Waals surface area contributed by atoms with Gasteiger partial charge in [-0.1, -0.05) is 6.92 Å². The van der Waals surface area contributed by atoms with E-state index in [-0.39, 0.29) is 30.5 Å². The largest absolute Gasteiger partial charge is 0.466 e. The summed E-state index contributed by atoms with van der Waals surface area (Å²) in [5, 5.41) is 17.6. The summed E-state index contributed by atoms with van der Waals surface area (Å²) in [5.41, 5.74) is -0.261. The standard InChI is InChI=1S/C21H39N5O2.HI/c1-7-22-20(23-13-16(2)14-26-10-8-25(6)9-11-26)24-15-21(5,27)19-12-17(3)28-18(19)4;/h12,16,27H,7-11,13-15H2,1-6H3,(H2,22,23,24);1H. The minimum atomic E-state index is -1.06. The van der Waals surface area contributed by atoms with Crippen LogP contribution < -0.4 is 10.6 Å². The zero-order chi connectivity index (χ0) is 20.7. The minimum absolute atomic E-state index is 0. The van der Waals surface area contributed by atoms with Crippen LogP contribution in [0.3, 0.4) is 0 Å². The summed E-state index contributed by atoms with van der Waals surface area (Å²) in [7, 11) is 2.18. The molecule has 1 aliphatic heterocycles. The van der Waals surface area contributed by atoms with Crippen molar-refractivity contribution < 1.29 is 9.52 Å². The van der Waals surface area contributed by atoms with E-state index in [4.69, 9.17) is 4.42 Å². The zero-order valence-corrected chi connectivity index (χ0v) is 21.2. The van der Waals surface area contributed by atoms with E-state index >= 15 is 0 Å². The van der Waals surface area contributed by atoms with Gasteiger partial charge in [-0.15, -0.1) is 24.0 Å². The molecule has 1 saturated heterocycles. The number of halogens is 1. The van der Waals surface area contributed by atoms with Crippen molar-refractivity contribution >= 4 is 29.9 Å². The molecule has 0 saturated carbocycles. The lowest BCUT2D eigenvalue weighted by Crippen LogP contribution is -2.47. The Labute approximate surface area is 193 Å². The maximum Gasteiger partial charge on any atom is 0.191 e. The van der Waals surface area contributed by atoms with E-state index in [1.807, 2.05) is 26.8 Å². The molecule has 0 spiro atoms. The molecule has 8 heteroatoms. The van der Waals surface area contributed by atoms with Crippen molar-refractivity contribution in [1.82, 2.24) is 20.4 Å². The second kappa shape index (κ2) is 12.1. The maximum atomic E-state index is 10.9. The first-order valence-electron chi connectivity index (χ1n) is 10.4. The lowest BCUT2D eigenvalue weighted by Gasteiger charge is -2.34. The van der Waals surface area contributed by atoms with Crippen molar-refractivity contribution in [3.63, 3.8) is 0 Å². The van der Waals surface area contributed by atoms with Gasteiger partial charge in [-0.2, -0.15) is 0 Å². The van der Waals surface area contributed by atoms with Crippen LogP contribution in [0.1, 0.15) is 37.9 Å². The van der Waals surface area contributed by atoms with E-state index < -0.39 is 5.60 Å². The van der Waals surface area contributed by atoms with Crippen LogP contribution in [-0.4, -0.2) is 80.3 Å². The van der Waals surface area contributed by atoms with Gasteiger partial charge in [0, 0.05) is 51.4 Å². The molecule has 7 nitrogen and oxygen atoms in total. The number of nitrogens with zero attached hydrogens (tertiary/aromatic N) is 3. The molecule has 2 heterocycles. The molecular formula is C21H40IN5O2. The van der Waals surface area contributed by atoms with E-state index in [0.717, 1.165) is 68.9 Å². The lowest BCUT2D eigenvalue weighted by molar-refractivity contribution is 0.0657. The highest BCUT2D eigenvalue weighted by atomic mass is 127. The van der Waals surface area contributed by atoms with Gasteiger partial charge in [-0.25, -0.2) is 4.99 Å². The fourth-order valence-electron chi connectivity index (χ4n) is 3.63. The molecule has 2 rings (SSSR count).